The number of hydrogen-bond donors (Lipinski definition) is 1. The van der Waals surface area contributed by atoms with E-state index in [-0.39, 0.29) is 23.5 Å². The number of likely N-dealkylation sites (tertiary alicyclic amines) is 1. The molecule has 0 spiro atoms. The summed E-state index contributed by atoms with van der Waals surface area (Å²) < 4.78 is 32.8. The third-order valence-corrected chi connectivity index (χ3v) is 7.06. The number of nitrogens with zero attached hydrogens (tertiary/aromatic N) is 2. The maximum absolute atomic E-state index is 13.1. The molecule has 0 radical (unpaired) electrons. The van der Waals surface area contributed by atoms with Crippen molar-refractivity contribution in [3.8, 4) is 0 Å². The van der Waals surface area contributed by atoms with Crippen LogP contribution in [0.3, 0.4) is 0 Å². The quantitative estimate of drug-likeness (QED) is 0.795. The molecule has 2 fully saturated rings. The van der Waals surface area contributed by atoms with Gasteiger partial charge >= 0.3 is 5.97 Å². The summed E-state index contributed by atoms with van der Waals surface area (Å²) in [4.78, 5) is 25.7. The number of rotatable bonds is 5. The summed E-state index contributed by atoms with van der Waals surface area (Å²) in [5.74, 6) is -1.48. The van der Waals surface area contributed by atoms with Crippen LogP contribution in [0.4, 0.5) is 0 Å². The molecule has 2 heterocycles. The fourth-order valence-corrected chi connectivity index (χ4v) is 5.31. The Morgan fingerprint density at radius 1 is 1.22 bits per heavy atom. The lowest BCUT2D eigenvalue weighted by atomic mass is 10.1. The standard InChI is InChI=1S/C18H24N2O6S/c1-2-13-5-6-14(17(21)20-7-3-4-15(20)18(22)23)12-16(13)27(24,25)19-8-10-26-11-9-19/h5-6,12,15H,2-4,7-11H2,1H3,(H,22,23). The maximum atomic E-state index is 13.1. The number of benzene rings is 1. The molecule has 27 heavy (non-hydrogen) atoms. The normalized spacial score (nSPS) is 21.4. The highest BCUT2D eigenvalue weighted by molar-refractivity contribution is 7.89. The minimum Gasteiger partial charge on any atom is -0.480 e. The maximum Gasteiger partial charge on any atom is 0.326 e. The van der Waals surface area contributed by atoms with Crippen LogP contribution >= 0.6 is 0 Å². The van der Waals surface area contributed by atoms with Gasteiger partial charge in [0.1, 0.15) is 6.04 Å². The van der Waals surface area contributed by atoms with Crippen molar-refractivity contribution in [2.75, 3.05) is 32.8 Å². The molecule has 2 aliphatic heterocycles. The highest BCUT2D eigenvalue weighted by atomic mass is 32.2. The number of carboxylic acids is 1. The Balaban J connectivity index is 1.96. The zero-order chi connectivity index (χ0) is 19.6. The second kappa shape index (κ2) is 7.95. The average molecular weight is 396 g/mol. The van der Waals surface area contributed by atoms with Crippen molar-refractivity contribution >= 4 is 21.9 Å². The van der Waals surface area contributed by atoms with Crippen LogP contribution in [0, 0.1) is 0 Å². The van der Waals surface area contributed by atoms with Gasteiger partial charge in [0.2, 0.25) is 10.0 Å². The summed E-state index contributed by atoms with van der Waals surface area (Å²) in [6.07, 6.45) is 1.54. The van der Waals surface area contributed by atoms with E-state index in [1.807, 2.05) is 6.92 Å². The van der Waals surface area contributed by atoms with Gasteiger partial charge in [0.15, 0.2) is 0 Å². The van der Waals surface area contributed by atoms with Crippen molar-refractivity contribution in [2.24, 2.45) is 0 Å². The molecule has 3 rings (SSSR count). The van der Waals surface area contributed by atoms with Gasteiger partial charge in [0, 0.05) is 25.2 Å². The SMILES string of the molecule is CCc1ccc(C(=O)N2CCCC2C(=O)O)cc1S(=O)(=O)N1CCOCC1. The van der Waals surface area contributed by atoms with Crippen molar-refractivity contribution in [3.63, 3.8) is 0 Å². The number of amides is 1. The fourth-order valence-electron chi connectivity index (χ4n) is 3.58. The van der Waals surface area contributed by atoms with Gasteiger partial charge in [-0.15, -0.1) is 0 Å². The smallest absolute Gasteiger partial charge is 0.326 e. The van der Waals surface area contributed by atoms with E-state index in [2.05, 4.69) is 0 Å². The first-order valence-corrected chi connectivity index (χ1v) is 10.5. The number of morpholine rings is 1. The Hall–Kier alpha value is -1.97. The number of carboxylic acid groups (broad SMARTS) is 1. The summed E-state index contributed by atoms with van der Waals surface area (Å²) in [5.41, 5.74) is 0.835. The highest BCUT2D eigenvalue weighted by Gasteiger charge is 2.35. The summed E-state index contributed by atoms with van der Waals surface area (Å²) in [7, 11) is -3.75. The Morgan fingerprint density at radius 2 is 1.93 bits per heavy atom. The first-order chi connectivity index (χ1) is 12.9. The number of aryl methyl sites for hydroxylation is 1. The lowest BCUT2D eigenvalue weighted by Gasteiger charge is -2.27. The summed E-state index contributed by atoms with van der Waals surface area (Å²) >= 11 is 0. The summed E-state index contributed by atoms with van der Waals surface area (Å²) in [6, 6.07) is 3.76. The minimum atomic E-state index is -3.75. The van der Waals surface area contributed by atoms with Crippen LogP contribution < -0.4 is 0 Å². The lowest BCUT2D eigenvalue weighted by molar-refractivity contribution is -0.141. The largest absolute Gasteiger partial charge is 0.480 e. The van der Waals surface area contributed by atoms with Gasteiger partial charge in [-0.3, -0.25) is 4.79 Å². The molecule has 1 N–H and O–H groups in total. The van der Waals surface area contributed by atoms with E-state index in [1.165, 1.54) is 15.3 Å². The van der Waals surface area contributed by atoms with Crippen molar-refractivity contribution in [1.82, 2.24) is 9.21 Å². The van der Waals surface area contributed by atoms with Crippen LogP contribution in [-0.2, 0) is 26.0 Å². The first-order valence-electron chi connectivity index (χ1n) is 9.11. The van der Waals surface area contributed by atoms with E-state index in [1.54, 1.807) is 12.1 Å². The number of aliphatic carboxylic acids is 1. The highest BCUT2D eigenvalue weighted by Crippen LogP contribution is 2.26. The van der Waals surface area contributed by atoms with E-state index in [9.17, 15) is 23.1 Å². The number of carbonyl (C=O) groups is 2. The van der Waals surface area contributed by atoms with Crippen LogP contribution in [-0.4, -0.2) is 73.5 Å². The predicted octanol–water partition coefficient (Wildman–Crippen LogP) is 0.959. The Morgan fingerprint density at radius 3 is 2.56 bits per heavy atom. The van der Waals surface area contributed by atoms with Gasteiger partial charge in [0.05, 0.1) is 18.1 Å². The summed E-state index contributed by atoms with van der Waals surface area (Å²) in [5, 5.41) is 9.31. The number of sulfonamides is 1. The Kier molecular flexibility index (Phi) is 5.83. The third-order valence-electron chi connectivity index (χ3n) is 5.08. The Bertz CT molecular complexity index is 832. The predicted molar refractivity (Wildman–Crippen MR) is 97.1 cm³/mol. The van der Waals surface area contributed by atoms with E-state index < -0.39 is 27.9 Å². The van der Waals surface area contributed by atoms with Crippen molar-refractivity contribution in [2.45, 2.75) is 37.1 Å². The lowest BCUT2D eigenvalue weighted by Crippen LogP contribution is -2.41. The fraction of sp³-hybridized carbons (Fsp3) is 0.556. The molecule has 1 atom stereocenters. The molecular formula is C18H24N2O6S. The third kappa shape index (κ3) is 3.85. The minimum absolute atomic E-state index is 0.115. The van der Waals surface area contributed by atoms with Gasteiger partial charge in [-0.1, -0.05) is 13.0 Å². The molecule has 9 heteroatoms. The number of hydrogen-bond acceptors (Lipinski definition) is 5. The van der Waals surface area contributed by atoms with E-state index in [4.69, 9.17) is 4.74 Å². The van der Waals surface area contributed by atoms with Crippen LogP contribution in [0.5, 0.6) is 0 Å². The molecule has 148 valence electrons. The first kappa shape index (κ1) is 19.8. The molecule has 0 saturated carbocycles. The molecule has 0 bridgehead atoms. The molecule has 2 aliphatic rings. The van der Waals surface area contributed by atoms with E-state index in [0.717, 1.165) is 0 Å². The van der Waals surface area contributed by atoms with Gasteiger partial charge in [0.25, 0.3) is 5.91 Å². The second-order valence-corrected chi connectivity index (χ2v) is 8.59. The van der Waals surface area contributed by atoms with Gasteiger partial charge in [-0.25, -0.2) is 13.2 Å². The van der Waals surface area contributed by atoms with E-state index >= 15 is 0 Å². The molecule has 0 aromatic heterocycles. The Labute approximate surface area is 158 Å². The van der Waals surface area contributed by atoms with Crippen LogP contribution in [0.15, 0.2) is 23.1 Å². The van der Waals surface area contributed by atoms with Crippen LogP contribution in [0.2, 0.25) is 0 Å². The van der Waals surface area contributed by atoms with Crippen molar-refractivity contribution < 1.29 is 27.9 Å². The molecule has 0 aliphatic carbocycles. The molecule has 8 nitrogen and oxygen atoms in total. The van der Waals surface area contributed by atoms with Crippen molar-refractivity contribution in [3.05, 3.63) is 29.3 Å². The van der Waals surface area contributed by atoms with Crippen molar-refractivity contribution in [1.29, 1.82) is 0 Å². The molecule has 1 unspecified atom stereocenters. The molecule has 1 aromatic carbocycles. The average Bonchev–Trinajstić information content (AvgIpc) is 3.17. The molecule has 2 saturated heterocycles. The number of ether oxygens (including phenoxy) is 1. The molecule has 1 aromatic rings. The van der Waals surface area contributed by atoms with E-state index in [0.29, 0.717) is 44.6 Å². The number of carbonyl (C=O) groups excluding carboxylic acids is 1. The monoisotopic (exact) mass is 396 g/mol. The van der Waals surface area contributed by atoms with Crippen LogP contribution in [0.25, 0.3) is 0 Å². The van der Waals surface area contributed by atoms with Crippen LogP contribution in [0.1, 0.15) is 35.7 Å². The zero-order valence-electron chi connectivity index (χ0n) is 15.3. The molecular weight excluding hydrogens is 372 g/mol. The van der Waals surface area contributed by atoms with Gasteiger partial charge < -0.3 is 14.7 Å². The zero-order valence-corrected chi connectivity index (χ0v) is 16.1. The molecule has 1 amide bonds. The summed E-state index contributed by atoms with van der Waals surface area (Å²) in [6.45, 7) is 3.45. The topological polar surface area (TPSA) is 104 Å². The van der Waals surface area contributed by atoms with Gasteiger partial charge in [-0.2, -0.15) is 4.31 Å². The van der Waals surface area contributed by atoms with Gasteiger partial charge in [-0.05, 0) is 37.0 Å². The second-order valence-electron chi connectivity index (χ2n) is 6.69.